The van der Waals surface area contributed by atoms with Crippen molar-refractivity contribution < 1.29 is 14.7 Å². The largest absolute Gasteiger partial charge is 0.481 e. The minimum Gasteiger partial charge on any atom is -0.481 e. The molecule has 2 saturated carbocycles. The first kappa shape index (κ1) is 14.1. The van der Waals surface area contributed by atoms with Gasteiger partial charge in [0.25, 0.3) is 0 Å². The van der Waals surface area contributed by atoms with E-state index in [0.717, 1.165) is 25.7 Å². The maximum atomic E-state index is 12.0. The molecule has 4 heteroatoms. The van der Waals surface area contributed by atoms with Gasteiger partial charge in [0.15, 0.2) is 0 Å². The molecule has 0 aliphatic heterocycles. The van der Waals surface area contributed by atoms with E-state index in [0.29, 0.717) is 12.3 Å². The van der Waals surface area contributed by atoms with E-state index in [1.165, 1.54) is 5.56 Å². The van der Waals surface area contributed by atoms with E-state index in [1.54, 1.807) is 0 Å². The average Bonchev–Trinajstić information content (AvgIpc) is 3.30. The molecule has 1 amide bonds. The summed E-state index contributed by atoms with van der Waals surface area (Å²) in [5, 5.41) is 11.9. The van der Waals surface area contributed by atoms with Crippen molar-refractivity contribution in [1.82, 2.24) is 5.32 Å². The second-order valence-corrected chi connectivity index (χ2v) is 6.25. The number of benzene rings is 1. The molecule has 4 nitrogen and oxygen atoms in total. The van der Waals surface area contributed by atoms with Crippen LogP contribution in [0.4, 0.5) is 0 Å². The van der Waals surface area contributed by atoms with Crippen molar-refractivity contribution in [1.29, 1.82) is 0 Å². The Morgan fingerprint density at radius 1 is 1.00 bits per heavy atom. The lowest BCUT2D eigenvalue weighted by Crippen LogP contribution is -2.38. The summed E-state index contributed by atoms with van der Waals surface area (Å²) in [7, 11) is 0. The molecule has 1 aromatic carbocycles. The summed E-state index contributed by atoms with van der Waals surface area (Å²) in [4.78, 5) is 22.8. The average molecular weight is 287 g/mol. The molecule has 2 atom stereocenters. The number of hydrogen-bond acceptors (Lipinski definition) is 2. The smallest absolute Gasteiger partial charge is 0.307 e. The summed E-state index contributed by atoms with van der Waals surface area (Å²) >= 11 is 0. The van der Waals surface area contributed by atoms with Crippen LogP contribution in [0.15, 0.2) is 30.3 Å². The Morgan fingerprint density at radius 3 is 2.24 bits per heavy atom. The van der Waals surface area contributed by atoms with E-state index < -0.39 is 11.9 Å². The van der Waals surface area contributed by atoms with E-state index >= 15 is 0 Å². The second-order valence-electron chi connectivity index (χ2n) is 6.25. The van der Waals surface area contributed by atoms with Gasteiger partial charge in [-0.3, -0.25) is 9.59 Å². The Balaban J connectivity index is 1.46. The zero-order chi connectivity index (χ0) is 14.8. The summed E-state index contributed by atoms with van der Waals surface area (Å²) in [5.74, 6) is -1.07. The Labute approximate surface area is 124 Å². The highest BCUT2D eigenvalue weighted by atomic mass is 16.4. The van der Waals surface area contributed by atoms with Crippen LogP contribution in [0.25, 0.3) is 0 Å². The molecule has 2 aliphatic rings. The Hall–Kier alpha value is -1.84. The van der Waals surface area contributed by atoms with Crippen LogP contribution in [0, 0.1) is 11.8 Å². The Bertz CT molecular complexity index is 520. The lowest BCUT2D eigenvalue weighted by Gasteiger charge is -2.29. The first-order valence-corrected chi connectivity index (χ1v) is 7.73. The standard InChI is InChI=1S/C17H21NO3/c19-16(14-10-15(14)17(20)21)18-13-8-6-12(7-9-13)11-4-2-1-3-5-11/h1-5,12-15H,6-10H2,(H,18,19)(H,20,21)/t12?,13?,14-,15+/m1/s1. The maximum absolute atomic E-state index is 12.0. The highest BCUT2D eigenvalue weighted by molar-refractivity contribution is 5.89. The molecular weight excluding hydrogens is 266 g/mol. The fourth-order valence-corrected chi connectivity index (χ4v) is 3.36. The van der Waals surface area contributed by atoms with Crippen molar-refractivity contribution in [2.75, 3.05) is 0 Å². The molecule has 0 radical (unpaired) electrons. The van der Waals surface area contributed by atoms with Crippen LogP contribution < -0.4 is 5.32 Å². The molecule has 112 valence electrons. The predicted octanol–water partition coefficient (Wildman–Crippen LogP) is 2.55. The van der Waals surface area contributed by atoms with Crippen LogP contribution in [0.1, 0.15) is 43.6 Å². The quantitative estimate of drug-likeness (QED) is 0.894. The molecule has 2 fully saturated rings. The van der Waals surface area contributed by atoms with Crippen LogP contribution in [0.2, 0.25) is 0 Å². The maximum Gasteiger partial charge on any atom is 0.307 e. The molecule has 0 heterocycles. The molecule has 0 spiro atoms. The van der Waals surface area contributed by atoms with Crippen LogP contribution in [-0.2, 0) is 9.59 Å². The minimum absolute atomic E-state index is 0.0643. The number of carboxylic acid groups (broad SMARTS) is 1. The van der Waals surface area contributed by atoms with Gasteiger partial charge in [-0.1, -0.05) is 30.3 Å². The van der Waals surface area contributed by atoms with Crippen LogP contribution in [0.3, 0.4) is 0 Å². The third-order valence-electron chi connectivity index (χ3n) is 4.79. The molecule has 0 unspecified atom stereocenters. The van der Waals surface area contributed by atoms with Gasteiger partial charge in [0.05, 0.1) is 11.8 Å². The Kier molecular flexibility index (Phi) is 3.95. The van der Waals surface area contributed by atoms with Gasteiger partial charge in [0.2, 0.25) is 5.91 Å². The second kappa shape index (κ2) is 5.88. The van der Waals surface area contributed by atoms with Gasteiger partial charge in [0.1, 0.15) is 0 Å². The highest BCUT2D eigenvalue weighted by Crippen LogP contribution is 2.39. The topological polar surface area (TPSA) is 66.4 Å². The van der Waals surface area contributed by atoms with Crippen LogP contribution >= 0.6 is 0 Å². The summed E-state index contributed by atoms with van der Waals surface area (Å²) < 4.78 is 0. The normalized spacial score (nSPS) is 31.4. The van der Waals surface area contributed by atoms with Crippen LogP contribution in [-0.4, -0.2) is 23.0 Å². The third kappa shape index (κ3) is 3.26. The van der Waals surface area contributed by atoms with Crippen molar-refractivity contribution in [2.24, 2.45) is 11.8 Å². The van der Waals surface area contributed by atoms with E-state index in [4.69, 9.17) is 5.11 Å². The molecular formula is C17H21NO3. The van der Waals surface area contributed by atoms with Crippen molar-refractivity contribution in [3.8, 4) is 0 Å². The van der Waals surface area contributed by atoms with Crippen molar-refractivity contribution in [2.45, 2.75) is 44.1 Å². The molecule has 21 heavy (non-hydrogen) atoms. The number of aliphatic carboxylic acids is 1. The van der Waals surface area contributed by atoms with E-state index in [-0.39, 0.29) is 17.9 Å². The van der Waals surface area contributed by atoms with E-state index in [9.17, 15) is 9.59 Å². The summed E-state index contributed by atoms with van der Waals surface area (Å²) in [5.41, 5.74) is 1.38. The number of carboxylic acids is 1. The van der Waals surface area contributed by atoms with Crippen LogP contribution in [0.5, 0.6) is 0 Å². The summed E-state index contributed by atoms with van der Waals surface area (Å²) in [6.45, 7) is 0. The third-order valence-corrected chi connectivity index (χ3v) is 4.79. The first-order valence-electron chi connectivity index (χ1n) is 7.73. The van der Waals surface area contributed by atoms with Gasteiger partial charge < -0.3 is 10.4 Å². The zero-order valence-electron chi connectivity index (χ0n) is 12.0. The summed E-state index contributed by atoms with van der Waals surface area (Å²) in [6, 6.07) is 10.7. The number of nitrogens with one attached hydrogen (secondary N) is 1. The lowest BCUT2D eigenvalue weighted by atomic mass is 9.82. The van der Waals surface area contributed by atoms with Gasteiger partial charge in [-0.25, -0.2) is 0 Å². The number of carbonyl (C=O) groups is 2. The summed E-state index contributed by atoms with van der Waals surface area (Å²) in [6.07, 6.45) is 4.63. The predicted molar refractivity (Wildman–Crippen MR) is 78.8 cm³/mol. The van der Waals surface area contributed by atoms with Crippen molar-refractivity contribution in [3.63, 3.8) is 0 Å². The molecule has 2 aliphatic carbocycles. The number of amides is 1. The SMILES string of the molecule is O=C(O)[C@H]1C[C@H]1C(=O)NC1CCC(c2ccccc2)CC1. The molecule has 0 saturated heterocycles. The molecule has 1 aromatic rings. The molecule has 3 rings (SSSR count). The fraction of sp³-hybridized carbons (Fsp3) is 0.529. The Morgan fingerprint density at radius 2 is 1.67 bits per heavy atom. The van der Waals surface area contributed by atoms with Gasteiger partial charge in [-0.2, -0.15) is 0 Å². The van der Waals surface area contributed by atoms with Gasteiger partial charge in [0, 0.05) is 6.04 Å². The fourth-order valence-electron chi connectivity index (χ4n) is 3.36. The molecule has 2 N–H and O–H groups in total. The van der Waals surface area contributed by atoms with Gasteiger partial charge in [-0.05, 0) is 43.6 Å². The van der Waals surface area contributed by atoms with Gasteiger partial charge in [-0.15, -0.1) is 0 Å². The first-order chi connectivity index (χ1) is 10.1. The number of hydrogen-bond donors (Lipinski definition) is 2. The molecule has 0 aromatic heterocycles. The zero-order valence-corrected chi connectivity index (χ0v) is 12.0. The van der Waals surface area contributed by atoms with E-state index in [2.05, 4.69) is 29.6 Å². The highest BCUT2D eigenvalue weighted by Gasteiger charge is 2.48. The minimum atomic E-state index is -0.845. The lowest BCUT2D eigenvalue weighted by molar-refractivity contribution is -0.140. The van der Waals surface area contributed by atoms with Gasteiger partial charge >= 0.3 is 5.97 Å². The number of rotatable bonds is 4. The van der Waals surface area contributed by atoms with Crippen molar-refractivity contribution >= 4 is 11.9 Å². The van der Waals surface area contributed by atoms with Crippen molar-refractivity contribution in [3.05, 3.63) is 35.9 Å². The number of carbonyl (C=O) groups excluding carboxylic acids is 1. The van der Waals surface area contributed by atoms with E-state index in [1.807, 2.05) is 6.07 Å². The monoisotopic (exact) mass is 287 g/mol. The molecule has 0 bridgehead atoms.